The molecule has 0 unspecified atom stereocenters. The highest BCUT2D eigenvalue weighted by molar-refractivity contribution is 5.88. The van der Waals surface area contributed by atoms with Gasteiger partial charge in [0, 0.05) is 24.3 Å². The molecule has 2 rings (SSSR count). The first kappa shape index (κ1) is 17.7. The zero-order chi connectivity index (χ0) is 17.2. The van der Waals surface area contributed by atoms with Crippen molar-refractivity contribution in [2.24, 2.45) is 5.41 Å². The van der Waals surface area contributed by atoms with E-state index in [2.05, 4.69) is 9.97 Å². The SMILES string of the molecule is CCOCc1nc2c(N)nc(C)c(C)c2n1CC(C)(CO)CO. The third-order valence-corrected chi connectivity index (χ3v) is 4.21. The number of ether oxygens (including phenoxy) is 1. The molecule has 0 fully saturated rings. The van der Waals surface area contributed by atoms with Crippen molar-refractivity contribution < 1.29 is 14.9 Å². The molecule has 2 aromatic heterocycles. The van der Waals surface area contributed by atoms with Crippen molar-refractivity contribution in [1.29, 1.82) is 0 Å². The molecule has 2 aromatic rings. The number of aliphatic hydroxyl groups is 2. The van der Waals surface area contributed by atoms with Gasteiger partial charge < -0.3 is 25.3 Å². The summed E-state index contributed by atoms with van der Waals surface area (Å²) in [7, 11) is 0. The van der Waals surface area contributed by atoms with Crippen molar-refractivity contribution in [3.05, 3.63) is 17.1 Å². The molecule has 2 heterocycles. The van der Waals surface area contributed by atoms with Gasteiger partial charge in [-0.05, 0) is 26.3 Å². The normalized spacial score (nSPS) is 12.3. The van der Waals surface area contributed by atoms with Gasteiger partial charge in [-0.1, -0.05) is 6.92 Å². The second-order valence-electron chi connectivity index (χ2n) is 6.28. The van der Waals surface area contributed by atoms with Crippen LogP contribution in [-0.2, 0) is 17.9 Å². The van der Waals surface area contributed by atoms with Crippen LogP contribution in [0.4, 0.5) is 5.82 Å². The van der Waals surface area contributed by atoms with Crippen LogP contribution in [0.1, 0.15) is 30.9 Å². The van der Waals surface area contributed by atoms with Crippen molar-refractivity contribution in [1.82, 2.24) is 14.5 Å². The van der Waals surface area contributed by atoms with Crippen LogP contribution in [0.25, 0.3) is 11.0 Å². The number of anilines is 1. The number of aromatic nitrogens is 3. The van der Waals surface area contributed by atoms with Gasteiger partial charge >= 0.3 is 0 Å². The highest BCUT2D eigenvalue weighted by Crippen LogP contribution is 2.29. The molecule has 0 saturated carbocycles. The fourth-order valence-electron chi connectivity index (χ4n) is 2.55. The minimum atomic E-state index is -0.660. The number of aliphatic hydroxyl groups excluding tert-OH is 2. The minimum Gasteiger partial charge on any atom is -0.396 e. The molecule has 7 nitrogen and oxygen atoms in total. The monoisotopic (exact) mass is 322 g/mol. The van der Waals surface area contributed by atoms with Crippen LogP contribution < -0.4 is 5.73 Å². The average Bonchev–Trinajstić information content (AvgIpc) is 2.89. The maximum atomic E-state index is 9.64. The molecular weight excluding hydrogens is 296 g/mol. The van der Waals surface area contributed by atoms with Crippen LogP contribution in [-0.4, -0.2) is 44.6 Å². The molecule has 0 amide bonds. The Morgan fingerprint density at radius 2 is 1.87 bits per heavy atom. The third kappa shape index (κ3) is 3.31. The molecule has 23 heavy (non-hydrogen) atoms. The van der Waals surface area contributed by atoms with Gasteiger partial charge in [-0.15, -0.1) is 0 Å². The summed E-state index contributed by atoms with van der Waals surface area (Å²) >= 11 is 0. The summed E-state index contributed by atoms with van der Waals surface area (Å²) in [5.41, 5.74) is 8.74. The van der Waals surface area contributed by atoms with E-state index in [-0.39, 0.29) is 13.2 Å². The zero-order valence-corrected chi connectivity index (χ0v) is 14.3. The molecule has 0 aliphatic carbocycles. The van der Waals surface area contributed by atoms with Gasteiger partial charge in [-0.3, -0.25) is 0 Å². The molecule has 0 aliphatic heterocycles. The Hall–Kier alpha value is -1.70. The molecule has 0 atom stereocenters. The lowest BCUT2D eigenvalue weighted by atomic mass is 9.92. The predicted molar refractivity (Wildman–Crippen MR) is 89.0 cm³/mol. The Kier molecular flexibility index (Phi) is 5.23. The van der Waals surface area contributed by atoms with Crippen molar-refractivity contribution in [2.45, 2.75) is 40.8 Å². The van der Waals surface area contributed by atoms with Crippen molar-refractivity contribution in [3.8, 4) is 0 Å². The number of rotatable bonds is 7. The zero-order valence-electron chi connectivity index (χ0n) is 14.3. The third-order valence-electron chi connectivity index (χ3n) is 4.21. The highest BCUT2D eigenvalue weighted by atomic mass is 16.5. The number of pyridine rings is 1. The van der Waals surface area contributed by atoms with Crippen LogP contribution in [0.15, 0.2) is 0 Å². The molecule has 7 heteroatoms. The maximum absolute atomic E-state index is 9.64. The molecule has 0 saturated heterocycles. The smallest absolute Gasteiger partial charge is 0.151 e. The summed E-state index contributed by atoms with van der Waals surface area (Å²) in [6.07, 6.45) is 0. The van der Waals surface area contributed by atoms with Gasteiger partial charge in [-0.2, -0.15) is 0 Å². The molecule has 0 radical (unpaired) electrons. The molecule has 128 valence electrons. The summed E-state index contributed by atoms with van der Waals surface area (Å²) in [4.78, 5) is 8.93. The standard InChI is InChI=1S/C16H26N4O3/c1-5-23-6-12-19-13-14(10(2)11(3)18-15(13)17)20(12)7-16(4,8-21)9-22/h21-22H,5-9H2,1-4H3,(H2,17,18). The molecule has 0 spiro atoms. The number of nitrogens with zero attached hydrogens (tertiary/aromatic N) is 3. The van der Waals surface area contributed by atoms with Gasteiger partial charge in [0.2, 0.25) is 0 Å². The van der Waals surface area contributed by atoms with Crippen molar-refractivity contribution >= 4 is 16.9 Å². The van der Waals surface area contributed by atoms with E-state index in [0.717, 1.165) is 22.6 Å². The van der Waals surface area contributed by atoms with Crippen LogP contribution in [0.5, 0.6) is 0 Å². The van der Waals surface area contributed by atoms with E-state index in [0.29, 0.717) is 31.1 Å². The van der Waals surface area contributed by atoms with Gasteiger partial charge in [0.1, 0.15) is 17.9 Å². The van der Waals surface area contributed by atoms with Gasteiger partial charge in [0.25, 0.3) is 0 Å². The van der Waals surface area contributed by atoms with Crippen molar-refractivity contribution in [2.75, 3.05) is 25.6 Å². The fourth-order valence-corrected chi connectivity index (χ4v) is 2.55. The summed E-state index contributed by atoms with van der Waals surface area (Å²) in [6.45, 7) is 8.71. The predicted octanol–water partition coefficient (Wildman–Crippen LogP) is 1.16. The number of nitrogens with two attached hydrogens (primary N) is 1. The number of fused-ring (bicyclic) bond motifs is 1. The fraction of sp³-hybridized carbons (Fsp3) is 0.625. The highest BCUT2D eigenvalue weighted by Gasteiger charge is 2.27. The van der Waals surface area contributed by atoms with E-state index in [1.807, 2.05) is 32.3 Å². The van der Waals surface area contributed by atoms with E-state index >= 15 is 0 Å². The topological polar surface area (TPSA) is 106 Å². The van der Waals surface area contributed by atoms with E-state index in [1.54, 1.807) is 0 Å². The van der Waals surface area contributed by atoms with Crippen LogP contribution in [0.2, 0.25) is 0 Å². The number of hydrogen-bond acceptors (Lipinski definition) is 6. The number of imidazole rings is 1. The Morgan fingerprint density at radius 3 is 2.43 bits per heavy atom. The first-order valence-corrected chi connectivity index (χ1v) is 7.78. The lowest BCUT2D eigenvalue weighted by Gasteiger charge is -2.26. The lowest BCUT2D eigenvalue weighted by molar-refractivity contribution is 0.0530. The summed E-state index contributed by atoms with van der Waals surface area (Å²) < 4.78 is 7.50. The second-order valence-corrected chi connectivity index (χ2v) is 6.28. The van der Waals surface area contributed by atoms with Gasteiger partial charge in [-0.25, -0.2) is 9.97 Å². The molecule has 0 aromatic carbocycles. The molecular formula is C16H26N4O3. The van der Waals surface area contributed by atoms with Gasteiger partial charge in [0.15, 0.2) is 5.82 Å². The number of hydrogen-bond donors (Lipinski definition) is 3. The van der Waals surface area contributed by atoms with E-state index in [4.69, 9.17) is 10.5 Å². The summed E-state index contributed by atoms with van der Waals surface area (Å²) in [5.74, 6) is 1.10. The van der Waals surface area contributed by atoms with E-state index in [9.17, 15) is 10.2 Å². The number of nitrogen functional groups attached to an aromatic ring is 1. The second kappa shape index (κ2) is 6.82. The maximum Gasteiger partial charge on any atom is 0.151 e. The summed E-state index contributed by atoms with van der Waals surface area (Å²) in [5, 5.41) is 19.3. The van der Waals surface area contributed by atoms with Crippen LogP contribution in [0.3, 0.4) is 0 Å². The Bertz CT molecular complexity index is 692. The molecule has 4 N–H and O–H groups in total. The molecule has 0 bridgehead atoms. The minimum absolute atomic E-state index is 0.129. The average molecular weight is 322 g/mol. The first-order chi connectivity index (χ1) is 10.9. The Labute approximate surface area is 136 Å². The van der Waals surface area contributed by atoms with Crippen LogP contribution in [0, 0.1) is 19.3 Å². The summed E-state index contributed by atoms with van der Waals surface area (Å²) in [6, 6.07) is 0. The van der Waals surface area contributed by atoms with Gasteiger partial charge in [0.05, 0.1) is 18.7 Å². The lowest BCUT2D eigenvalue weighted by Crippen LogP contribution is -2.32. The van der Waals surface area contributed by atoms with E-state index < -0.39 is 5.41 Å². The Morgan fingerprint density at radius 1 is 1.22 bits per heavy atom. The Balaban J connectivity index is 2.66. The largest absolute Gasteiger partial charge is 0.396 e. The quantitative estimate of drug-likeness (QED) is 0.706. The van der Waals surface area contributed by atoms with Crippen molar-refractivity contribution in [3.63, 3.8) is 0 Å². The first-order valence-electron chi connectivity index (χ1n) is 7.78. The van der Waals surface area contributed by atoms with E-state index in [1.165, 1.54) is 0 Å². The molecule has 0 aliphatic rings. The number of aryl methyl sites for hydroxylation is 2. The van der Waals surface area contributed by atoms with Crippen LogP contribution >= 0.6 is 0 Å².